The molecular formula is C19H29N3O3. The minimum absolute atomic E-state index is 0.223. The van der Waals surface area contributed by atoms with E-state index in [9.17, 15) is 10.2 Å². The number of aromatic nitrogens is 3. The summed E-state index contributed by atoms with van der Waals surface area (Å²) < 4.78 is 8.07. The van der Waals surface area contributed by atoms with Crippen molar-refractivity contribution in [2.75, 3.05) is 0 Å². The molecule has 0 amide bonds. The Balaban J connectivity index is 1.24. The topological polar surface area (TPSA) is 80.4 Å². The molecule has 0 saturated heterocycles. The van der Waals surface area contributed by atoms with Gasteiger partial charge in [-0.15, -0.1) is 0 Å². The molecular weight excluding hydrogens is 318 g/mol. The molecule has 6 heteroatoms. The van der Waals surface area contributed by atoms with Crippen molar-refractivity contribution in [3.8, 4) is 0 Å². The third kappa shape index (κ3) is 2.82. The van der Waals surface area contributed by atoms with E-state index in [-0.39, 0.29) is 11.8 Å². The number of ether oxygens (including phenoxy) is 1. The average Bonchev–Trinajstić information content (AvgIpc) is 3.08. The predicted molar refractivity (Wildman–Crippen MR) is 90.0 cm³/mol. The maximum atomic E-state index is 11.4. The number of hydrogen-bond donors (Lipinski definition) is 2. The van der Waals surface area contributed by atoms with E-state index in [0.717, 1.165) is 56.9 Å². The smallest absolute Gasteiger partial charge is 0.174 e. The molecule has 5 saturated carbocycles. The van der Waals surface area contributed by atoms with Crippen molar-refractivity contribution >= 4 is 0 Å². The van der Waals surface area contributed by atoms with Crippen molar-refractivity contribution in [3.05, 3.63) is 12.7 Å². The summed E-state index contributed by atoms with van der Waals surface area (Å²) in [7, 11) is 0. The Bertz CT molecular complexity index is 581. The summed E-state index contributed by atoms with van der Waals surface area (Å²) >= 11 is 0. The van der Waals surface area contributed by atoms with Crippen LogP contribution in [0.1, 0.15) is 57.8 Å². The molecule has 0 atom stereocenters. The monoisotopic (exact) mass is 347 g/mol. The lowest BCUT2D eigenvalue weighted by atomic mass is 9.53. The van der Waals surface area contributed by atoms with Crippen molar-refractivity contribution in [2.45, 2.75) is 75.9 Å². The molecule has 0 spiro atoms. The normalized spacial score (nSPS) is 48.8. The van der Waals surface area contributed by atoms with Crippen LogP contribution in [-0.2, 0) is 11.3 Å². The summed E-state index contributed by atoms with van der Waals surface area (Å²) in [5.41, 5.74) is 0. The molecule has 138 valence electrons. The van der Waals surface area contributed by atoms with E-state index in [1.54, 1.807) is 12.7 Å². The molecule has 4 bridgehead atoms. The number of aliphatic hydroxyl groups is 2. The van der Waals surface area contributed by atoms with Crippen LogP contribution in [0.4, 0.5) is 0 Å². The van der Waals surface area contributed by atoms with Gasteiger partial charge in [0, 0.05) is 31.2 Å². The van der Waals surface area contributed by atoms with Gasteiger partial charge in [0.25, 0.3) is 0 Å². The zero-order valence-corrected chi connectivity index (χ0v) is 14.8. The highest BCUT2D eigenvalue weighted by molar-refractivity contribution is 5.03. The first-order chi connectivity index (χ1) is 12.0. The van der Waals surface area contributed by atoms with E-state index in [4.69, 9.17) is 4.74 Å². The van der Waals surface area contributed by atoms with Crippen molar-refractivity contribution in [2.24, 2.45) is 29.6 Å². The first kappa shape index (κ1) is 16.2. The number of nitrogens with zero attached hydrogens (tertiary/aromatic N) is 3. The van der Waals surface area contributed by atoms with Crippen LogP contribution in [-0.4, -0.2) is 36.6 Å². The summed E-state index contributed by atoms with van der Waals surface area (Å²) in [5, 5.41) is 26.6. The Morgan fingerprint density at radius 1 is 1.00 bits per heavy atom. The third-order valence-electron chi connectivity index (χ3n) is 7.46. The van der Waals surface area contributed by atoms with Crippen molar-refractivity contribution in [1.29, 1.82) is 0 Å². The van der Waals surface area contributed by atoms with E-state index in [1.165, 1.54) is 6.42 Å². The molecule has 1 aromatic rings. The third-order valence-corrected chi connectivity index (χ3v) is 7.46. The van der Waals surface area contributed by atoms with Gasteiger partial charge >= 0.3 is 0 Å². The molecule has 0 unspecified atom stereocenters. The molecule has 0 aliphatic heterocycles. The second kappa shape index (κ2) is 5.76. The van der Waals surface area contributed by atoms with Gasteiger partial charge in [0.05, 0.1) is 0 Å². The standard InChI is InChI=1S/C19H29N3O3/c23-18(3-1-13(2-4-18)10-22-12-20-11-21-22)25-19(24)16-6-14-5-15(8-16)9-17(19)7-14/h11-17,23-24H,1-10H2. The molecule has 5 aliphatic carbocycles. The molecule has 5 aliphatic rings. The van der Waals surface area contributed by atoms with Crippen LogP contribution in [0, 0.1) is 29.6 Å². The molecule has 0 radical (unpaired) electrons. The molecule has 6 nitrogen and oxygen atoms in total. The van der Waals surface area contributed by atoms with Crippen LogP contribution < -0.4 is 0 Å². The second-order valence-electron chi connectivity index (χ2n) is 9.17. The molecule has 0 aromatic carbocycles. The lowest BCUT2D eigenvalue weighted by molar-refractivity contribution is -0.401. The van der Waals surface area contributed by atoms with Crippen molar-refractivity contribution < 1.29 is 14.9 Å². The Hall–Kier alpha value is -0.980. The maximum absolute atomic E-state index is 11.4. The van der Waals surface area contributed by atoms with Gasteiger partial charge in [-0.3, -0.25) is 4.68 Å². The summed E-state index contributed by atoms with van der Waals surface area (Å²) in [5.74, 6) is 0.225. The average molecular weight is 347 g/mol. The van der Waals surface area contributed by atoms with Crippen LogP contribution in [0.3, 0.4) is 0 Å². The highest BCUT2D eigenvalue weighted by atomic mass is 16.7. The second-order valence-corrected chi connectivity index (χ2v) is 9.17. The van der Waals surface area contributed by atoms with Gasteiger partial charge in [0.15, 0.2) is 11.6 Å². The lowest BCUT2D eigenvalue weighted by Gasteiger charge is -2.59. The minimum Gasteiger partial charge on any atom is -0.365 e. The lowest BCUT2D eigenvalue weighted by Crippen LogP contribution is -2.62. The first-order valence-corrected chi connectivity index (χ1v) is 10.00. The SMILES string of the molecule is OC1(OC2(O)C3CC4CC(C3)CC2C4)CCC(Cn2cncn2)CC1. The van der Waals surface area contributed by atoms with Crippen LogP contribution in [0.5, 0.6) is 0 Å². The molecule has 1 aromatic heterocycles. The van der Waals surface area contributed by atoms with E-state index in [1.807, 2.05) is 4.68 Å². The molecule has 6 rings (SSSR count). The minimum atomic E-state index is -1.16. The van der Waals surface area contributed by atoms with Gasteiger partial charge in [-0.1, -0.05) is 0 Å². The van der Waals surface area contributed by atoms with Gasteiger partial charge < -0.3 is 14.9 Å². The van der Waals surface area contributed by atoms with Crippen LogP contribution in [0.15, 0.2) is 12.7 Å². The highest BCUT2D eigenvalue weighted by Crippen LogP contribution is 2.59. The summed E-state index contributed by atoms with van der Waals surface area (Å²) in [6.07, 6.45) is 11.9. The summed E-state index contributed by atoms with van der Waals surface area (Å²) in [4.78, 5) is 3.99. The largest absolute Gasteiger partial charge is 0.365 e. The summed E-state index contributed by atoms with van der Waals surface area (Å²) in [6, 6.07) is 0. The van der Waals surface area contributed by atoms with Gasteiger partial charge in [-0.25, -0.2) is 4.98 Å². The number of rotatable bonds is 4. The Morgan fingerprint density at radius 2 is 1.64 bits per heavy atom. The van der Waals surface area contributed by atoms with Crippen LogP contribution in [0.25, 0.3) is 0 Å². The fourth-order valence-corrected chi connectivity index (χ4v) is 6.34. The zero-order chi connectivity index (χ0) is 17.1. The Labute approximate surface area is 148 Å². The van der Waals surface area contributed by atoms with Crippen molar-refractivity contribution in [1.82, 2.24) is 14.8 Å². The van der Waals surface area contributed by atoms with Crippen LogP contribution in [0.2, 0.25) is 0 Å². The molecule has 2 N–H and O–H groups in total. The quantitative estimate of drug-likeness (QED) is 0.817. The van der Waals surface area contributed by atoms with Crippen LogP contribution >= 0.6 is 0 Å². The molecule has 25 heavy (non-hydrogen) atoms. The molecule has 1 heterocycles. The van der Waals surface area contributed by atoms with Gasteiger partial charge in [-0.05, 0) is 62.7 Å². The Kier molecular flexibility index (Phi) is 3.74. The van der Waals surface area contributed by atoms with E-state index >= 15 is 0 Å². The van der Waals surface area contributed by atoms with Gasteiger partial charge in [0.2, 0.25) is 0 Å². The summed E-state index contributed by atoms with van der Waals surface area (Å²) in [6.45, 7) is 0.842. The van der Waals surface area contributed by atoms with E-state index < -0.39 is 11.6 Å². The van der Waals surface area contributed by atoms with Crippen molar-refractivity contribution in [3.63, 3.8) is 0 Å². The van der Waals surface area contributed by atoms with E-state index in [0.29, 0.717) is 18.8 Å². The van der Waals surface area contributed by atoms with Gasteiger partial charge in [-0.2, -0.15) is 5.10 Å². The maximum Gasteiger partial charge on any atom is 0.174 e. The molecule has 5 fully saturated rings. The number of hydrogen-bond acceptors (Lipinski definition) is 5. The predicted octanol–water partition coefficient (Wildman–Crippen LogP) is 2.32. The van der Waals surface area contributed by atoms with E-state index in [2.05, 4.69) is 10.1 Å². The zero-order valence-electron chi connectivity index (χ0n) is 14.8. The highest BCUT2D eigenvalue weighted by Gasteiger charge is 2.60. The van der Waals surface area contributed by atoms with Gasteiger partial charge in [0.1, 0.15) is 12.7 Å². The fraction of sp³-hybridized carbons (Fsp3) is 0.895. The Morgan fingerprint density at radius 3 is 2.20 bits per heavy atom. The fourth-order valence-electron chi connectivity index (χ4n) is 6.34. The first-order valence-electron chi connectivity index (χ1n) is 10.00.